The highest BCUT2D eigenvalue weighted by Crippen LogP contribution is 2.33. The lowest BCUT2D eigenvalue weighted by atomic mass is 10.2. The number of rotatable bonds is 5. The molecule has 0 bridgehead atoms. The molecule has 0 radical (unpaired) electrons. The van der Waals surface area contributed by atoms with Gasteiger partial charge in [-0.05, 0) is 44.0 Å². The van der Waals surface area contributed by atoms with Gasteiger partial charge < -0.3 is 14.2 Å². The van der Waals surface area contributed by atoms with E-state index in [1.165, 1.54) is 0 Å². The van der Waals surface area contributed by atoms with Gasteiger partial charge in [0.25, 0.3) is 5.91 Å². The van der Waals surface area contributed by atoms with Crippen LogP contribution >= 0.6 is 11.6 Å². The number of carbonyl (C=O) groups is 1. The normalized spacial score (nSPS) is 17.5. The molecule has 4 rings (SSSR count). The maximum Gasteiger partial charge on any atom is 0.264 e. The van der Waals surface area contributed by atoms with Crippen LogP contribution < -0.4 is 4.74 Å². The first kappa shape index (κ1) is 18.5. The average Bonchev–Trinajstić information content (AvgIpc) is 3.37. The summed E-state index contributed by atoms with van der Waals surface area (Å²) in [5, 5.41) is 4.67. The number of nitrogens with zero attached hydrogens (tertiary/aromatic N) is 3. The zero-order valence-corrected chi connectivity index (χ0v) is 16.2. The Bertz CT molecular complexity index is 960. The van der Waals surface area contributed by atoms with Crippen molar-refractivity contribution in [2.24, 2.45) is 0 Å². The molecule has 0 unspecified atom stereocenters. The fourth-order valence-electron chi connectivity index (χ4n) is 3.39. The van der Waals surface area contributed by atoms with Crippen molar-refractivity contribution in [1.82, 2.24) is 15.0 Å². The van der Waals surface area contributed by atoms with Crippen molar-refractivity contribution in [3.63, 3.8) is 0 Å². The smallest absolute Gasteiger partial charge is 0.264 e. The number of likely N-dealkylation sites (tertiary alicyclic amines) is 1. The molecule has 7 heteroatoms. The van der Waals surface area contributed by atoms with Gasteiger partial charge in [0.1, 0.15) is 11.8 Å². The highest BCUT2D eigenvalue weighted by molar-refractivity contribution is 6.30. The summed E-state index contributed by atoms with van der Waals surface area (Å²) in [5.74, 6) is 1.48. The van der Waals surface area contributed by atoms with Crippen molar-refractivity contribution in [3.8, 4) is 17.1 Å². The van der Waals surface area contributed by atoms with Crippen molar-refractivity contribution in [1.29, 1.82) is 0 Å². The molecule has 144 valence electrons. The molecule has 2 aromatic carbocycles. The van der Waals surface area contributed by atoms with Gasteiger partial charge in [-0.25, -0.2) is 0 Å². The molecule has 0 N–H and O–H groups in total. The number of ether oxygens (including phenoxy) is 1. The quantitative estimate of drug-likeness (QED) is 0.633. The number of aromatic nitrogens is 2. The van der Waals surface area contributed by atoms with Gasteiger partial charge in [-0.15, -0.1) is 0 Å². The standard InChI is InChI=1S/C21H20ClN3O3/c1-14(27-17-9-3-2-4-10-17)21(26)25-12-6-11-18(25)20-23-19(24-28-20)15-7-5-8-16(22)13-15/h2-5,7-10,13-14,18H,6,11-12H2,1H3/t14-,18+/m0/s1. The topological polar surface area (TPSA) is 68.5 Å². The van der Waals surface area contributed by atoms with E-state index in [-0.39, 0.29) is 11.9 Å². The number of amides is 1. The second kappa shape index (κ2) is 8.02. The Balaban J connectivity index is 1.50. The SMILES string of the molecule is C[C@H](Oc1ccccc1)C(=O)N1CCC[C@@H]1c1nc(-c2cccc(Cl)c2)no1. The van der Waals surface area contributed by atoms with E-state index in [1.54, 1.807) is 24.0 Å². The molecule has 1 aromatic heterocycles. The largest absolute Gasteiger partial charge is 0.481 e. The Kier molecular flexibility index (Phi) is 5.30. The lowest BCUT2D eigenvalue weighted by Gasteiger charge is -2.25. The van der Waals surface area contributed by atoms with Crippen LogP contribution in [0.15, 0.2) is 59.1 Å². The Morgan fingerprint density at radius 3 is 2.86 bits per heavy atom. The van der Waals surface area contributed by atoms with Crippen LogP contribution in [0, 0.1) is 0 Å². The minimum atomic E-state index is -0.599. The average molecular weight is 398 g/mol. The predicted molar refractivity (Wildman–Crippen MR) is 105 cm³/mol. The molecule has 3 aromatic rings. The van der Waals surface area contributed by atoms with E-state index in [4.69, 9.17) is 20.9 Å². The Morgan fingerprint density at radius 1 is 1.25 bits per heavy atom. The highest BCUT2D eigenvalue weighted by atomic mass is 35.5. The van der Waals surface area contributed by atoms with Crippen LogP contribution in [-0.2, 0) is 4.79 Å². The van der Waals surface area contributed by atoms with Gasteiger partial charge in [0.2, 0.25) is 11.7 Å². The van der Waals surface area contributed by atoms with Crippen LogP contribution in [0.25, 0.3) is 11.4 Å². The molecular formula is C21H20ClN3O3. The minimum absolute atomic E-state index is 0.0890. The summed E-state index contributed by atoms with van der Waals surface area (Å²) in [7, 11) is 0. The van der Waals surface area contributed by atoms with Gasteiger partial charge in [0.15, 0.2) is 6.10 Å². The van der Waals surface area contributed by atoms with Crippen molar-refractivity contribution >= 4 is 17.5 Å². The van der Waals surface area contributed by atoms with Crippen LogP contribution in [-0.4, -0.2) is 33.6 Å². The molecule has 2 heterocycles. The molecule has 1 aliphatic heterocycles. The van der Waals surface area contributed by atoms with E-state index in [9.17, 15) is 4.79 Å². The molecule has 2 atom stereocenters. The number of hydrogen-bond donors (Lipinski definition) is 0. The summed E-state index contributed by atoms with van der Waals surface area (Å²) in [6, 6.07) is 16.4. The fraction of sp³-hybridized carbons (Fsp3) is 0.286. The van der Waals surface area contributed by atoms with Gasteiger partial charge in [0, 0.05) is 17.1 Å². The number of benzene rings is 2. The van der Waals surface area contributed by atoms with Gasteiger partial charge in [-0.1, -0.05) is 47.1 Å². The van der Waals surface area contributed by atoms with E-state index >= 15 is 0 Å². The zero-order chi connectivity index (χ0) is 19.5. The Hall–Kier alpha value is -2.86. The van der Waals surface area contributed by atoms with Crippen molar-refractivity contribution < 1.29 is 14.1 Å². The molecule has 1 aliphatic rings. The van der Waals surface area contributed by atoms with E-state index in [0.717, 1.165) is 18.4 Å². The highest BCUT2D eigenvalue weighted by Gasteiger charge is 2.36. The third-order valence-corrected chi connectivity index (χ3v) is 4.98. The number of para-hydroxylation sites is 1. The number of halogens is 1. The summed E-state index contributed by atoms with van der Waals surface area (Å²) >= 11 is 6.04. The van der Waals surface area contributed by atoms with Crippen molar-refractivity contribution in [2.75, 3.05) is 6.54 Å². The monoisotopic (exact) mass is 397 g/mol. The van der Waals surface area contributed by atoms with Crippen LogP contribution in [0.1, 0.15) is 31.7 Å². The lowest BCUT2D eigenvalue weighted by Crippen LogP contribution is -2.40. The van der Waals surface area contributed by atoms with Crippen molar-refractivity contribution in [3.05, 3.63) is 65.5 Å². The molecule has 1 saturated heterocycles. The van der Waals surface area contributed by atoms with Gasteiger partial charge >= 0.3 is 0 Å². The first-order valence-corrected chi connectivity index (χ1v) is 9.61. The third-order valence-electron chi connectivity index (χ3n) is 4.75. The molecular weight excluding hydrogens is 378 g/mol. The first-order valence-electron chi connectivity index (χ1n) is 9.23. The lowest BCUT2D eigenvalue weighted by molar-refractivity contribution is -0.139. The van der Waals surface area contributed by atoms with Crippen LogP contribution in [0.4, 0.5) is 0 Å². The van der Waals surface area contributed by atoms with Gasteiger partial charge in [0.05, 0.1) is 0 Å². The number of hydrogen-bond acceptors (Lipinski definition) is 5. The van der Waals surface area contributed by atoms with E-state index in [0.29, 0.717) is 29.0 Å². The zero-order valence-electron chi connectivity index (χ0n) is 15.4. The minimum Gasteiger partial charge on any atom is -0.481 e. The van der Waals surface area contributed by atoms with Gasteiger partial charge in [-0.2, -0.15) is 4.98 Å². The fourth-order valence-corrected chi connectivity index (χ4v) is 3.58. The molecule has 1 amide bonds. The van der Waals surface area contributed by atoms with E-state index < -0.39 is 6.10 Å². The van der Waals surface area contributed by atoms with Crippen LogP contribution in [0.3, 0.4) is 0 Å². The van der Waals surface area contributed by atoms with Gasteiger partial charge in [-0.3, -0.25) is 4.79 Å². The predicted octanol–water partition coefficient (Wildman–Crippen LogP) is 4.52. The van der Waals surface area contributed by atoms with E-state index in [1.807, 2.05) is 42.5 Å². The van der Waals surface area contributed by atoms with Crippen LogP contribution in [0.5, 0.6) is 5.75 Å². The number of carbonyl (C=O) groups excluding carboxylic acids is 1. The summed E-state index contributed by atoms with van der Waals surface area (Å²) in [4.78, 5) is 19.2. The second-order valence-electron chi connectivity index (χ2n) is 6.73. The first-order chi connectivity index (χ1) is 13.6. The Labute approximate surface area is 168 Å². The summed E-state index contributed by atoms with van der Waals surface area (Å²) in [6.45, 7) is 2.40. The maximum atomic E-state index is 12.9. The summed E-state index contributed by atoms with van der Waals surface area (Å²) < 4.78 is 11.3. The summed E-state index contributed by atoms with van der Waals surface area (Å²) in [5.41, 5.74) is 0.777. The van der Waals surface area contributed by atoms with Crippen LogP contribution in [0.2, 0.25) is 5.02 Å². The molecule has 0 spiro atoms. The molecule has 1 fully saturated rings. The summed E-state index contributed by atoms with van der Waals surface area (Å²) in [6.07, 6.45) is 1.06. The van der Waals surface area contributed by atoms with E-state index in [2.05, 4.69) is 10.1 Å². The molecule has 0 saturated carbocycles. The molecule has 6 nitrogen and oxygen atoms in total. The Morgan fingerprint density at radius 2 is 2.07 bits per heavy atom. The van der Waals surface area contributed by atoms with Crippen molar-refractivity contribution in [2.45, 2.75) is 31.9 Å². The molecule has 0 aliphatic carbocycles. The molecule has 28 heavy (non-hydrogen) atoms. The second-order valence-corrected chi connectivity index (χ2v) is 7.17. The third kappa shape index (κ3) is 3.87. The maximum absolute atomic E-state index is 12.9.